The quantitative estimate of drug-likeness (QED) is 0.0235. The highest BCUT2D eigenvalue weighted by Gasteiger charge is 2.59. The van der Waals surface area contributed by atoms with Crippen molar-refractivity contribution in [3.05, 3.63) is 174 Å². The Morgan fingerprint density at radius 3 is 1.44 bits per heavy atom. The number of benzene rings is 7. The van der Waals surface area contributed by atoms with Crippen LogP contribution in [0.3, 0.4) is 0 Å². The third-order valence-corrected chi connectivity index (χ3v) is 29.0. The van der Waals surface area contributed by atoms with Crippen LogP contribution < -0.4 is 23.7 Å². The van der Waals surface area contributed by atoms with Gasteiger partial charge < -0.3 is 36.7 Å². The van der Waals surface area contributed by atoms with Crippen LogP contribution >= 0.6 is 0 Å². The second-order valence-corrected chi connectivity index (χ2v) is 42.3. The van der Waals surface area contributed by atoms with E-state index < -0.39 is 37.9 Å². The molecule has 7 aromatic rings. The zero-order chi connectivity index (χ0) is 70.4. The summed E-state index contributed by atoms with van der Waals surface area (Å²) in [7, 11) is -4.05. The van der Waals surface area contributed by atoms with Gasteiger partial charge in [-0.05, 0) is 263 Å². The van der Waals surface area contributed by atoms with Crippen molar-refractivity contribution in [1.29, 1.82) is 0 Å². The molecule has 98 heavy (non-hydrogen) atoms. The van der Waals surface area contributed by atoms with Gasteiger partial charge in [-0.1, -0.05) is 147 Å². The van der Waals surface area contributed by atoms with Gasteiger partial charge in [0.15, 0.2) is 16.6 Å². The smallest absolute Gasteiger partial charge is 0.343 e. The Morgan fingerprint density at radius 2 is 0.990 bits per heavy atom. The lowest BCUT2D eigenvalue weighted by atomic mass is 9.47. The van der Waals surface area contributed by atoms with Gasteiger partial charge in [-0.2, -0.15) is 0 Å². The molecule has 7 aromatic carbocycles. The molecule has 4 aliphatic rings. The minimum Gasteiger partial charge on any atom is -0.494 e. The molecule has 0 bridgehead atoms. The molecule has 11 rings (SSSR count). The summed E-state index contributed by atoms with van der Waals surface area (Å²) in [6.07, 6.45) is 19.5. The van der Waals surface area contributed by atoms with Crippen LogP contribution in [0.15, 0.2) is 157 Å². The molecule has 0 spiro atoms. The van der Waals surface area contributed by atoms with Crippen LogP contribution in [0.4, 0.5) is 0 Å². The fourth-order valence-corrected chi connectivity index (χ4v) is 24.8. The number of allylic oxidation sites excluding steroid dienone is 1. The first kappa shape index (κ1) is 75.4. The number of carbonyl (C=O) groups excluding carboxylic acids is 3. The molecule has 8 unspecified atom stereocenters. The van der Waals surface area contributed by atoms with E-state index in [9.17, 15) is 14.4 Å². The third-order valence-electron chi connectivity index (χ3n) is 20.7. The molecule has 526 valence electrons. The van der Waals surface area contributed by atoms with Crippen LogP contribution in [0, 0.1) is 46.3 Å². The minimum absolute atomic E-state index is 0.00389. The number of ether oxygens (including phenoxy) is 6. The highest BCUT2D eigenvalue weighted by atomic mass is 28.4. The molecule has 11 nitrogen and oxygen atoms in total. The highest BCUT2D eigenvalue weighted by Crippen LogP contribution is 2.67. The van der Waals surface area contributed by atoms with Crippen molar-refractivity contribution < 1.29 is 51.0 Å². The molecule has 4 aliphatic carbocycles. The summed E-state index contributed by atoms with van der Waals surface area (Å²) in [5.41, 5.74) is 5.10. The van der Waals surface area contributed by atoms with Gasteiger partial charge in [0.05, 0.1) is 36.5 Å². The molecule has 3 saturated carbocycles. The molecule has 0 N–H and O–H groups in total. The Labute approximate surface area is 590 Å². The van der Waals surface area contributed by atoms with E-state index in [1.54, 1.807) is 66.2 Å². The first-order valence-corrected chi connectivity index (χ1v) is 45.7. The van der Waals surface area contributed by atoms with Crippen LogP contribution in [0.1, 0.15) is 176 Å². The van der Waals surface area contributed by atoms with Gasteiger partial charge in [0.25, 0.3) is 9.28 Å². The van der Waals surface area contributed by atoms with Gasteiger partial charge in [-0.15, -0.1) is 0 Å². The normalized spacial score (nSPS) is 21.4. The summed E-state index contributed by atoms with van der Waals surface area (Å²) >= 11 is 0. The van der Waals surface area contributed by atoms with Crippen LogP contribution in [-0.2, 0) is 13.0 Å². The zero-order valence-electron chi connectivity index (χ0n) is 61.6. The summed E-state index contributed by atoms with van der Waals surface area (Å²) < 4.78 is 47.1. The fourth-order valence-electron chi connectivity index (χ4n) is 16.2. The maximum Gasteiger partial charge on any atom is 0.343 e. The number of rotatable bonds is 25. The summed E-state index contributed by atoms with van der Waals surface area (Å²) in [4.78, 5) is 40.0. The first-order chi connectivity index (χ1) is 46.8. The van der Waals surface area contributed by atoms with E-state index in [0.29, 0.717) is 76.1 Å². The predicted octanol–water partition coefficient (Wildman–Crippen LogP) is 22.3. The lowest BCUT2D eigenvalue weighted by molar-refractivity contribution is -0.0594. The van der Waals surface area contributed by atoms with Gasteiger partial charge in [0.2, 0.25) is 0 Å². The van der Waals surface area contributed by atoms with Gasteiger partial charge >= 0.3 is 17.9 Å². The number of hydrogen-bond acceptors (Lipinski definition) is 11. The van der Waals surface area contributed by atoms with E-state index in [0.717, 1.165) is 101 Å². The van der Waals surface area contributed by atoms with Gasteiger partial charge in [-0.3, -0.25) is 0 Å². The molecule has 0 aliphatic heterocycles. The second kappa shape index (κ2) is 34.0. The molecule has 3 fully saturated rings. The maximum atomic E-state index is 13.5. The number of esters is 3. The highest BCUT2D eigenvalue weighted by molar-refractivity contribution is 6.80. The van der Waals surface area contributed by atoms with Crippen molar-refractivity contribution in [2.75, 3.05) is 19.8 Å². The average Bonchev–Trinajstić information content (AvgIpc) is 1.41. The lowest BCUT2D eigenvalue weighted by Gasteiger charge is -2.58. The fraction of sp³-hybridized carbons (Fsp3) is 0.488. The molecule has 8 atom stereocenters. The SMILES string of the molecule is CCCOc1ccc(C(=O)OC2CCC3(C)C(=CCC4C3CCC3(C)C(C(C)CCCC(C)C)CCC43)C2)cc1.CCCOc1ccc(C(=O)Oc2ccc3ccccc3c2-c2c(OC(=O)c3ccc(OCCC)cc3)ccc3ccccc23)cc1.C[SiH](O[Si](C)(C)C)O[Si](C)(C)C. The van der Waals surface area contributed by atoms with E-state index >= 15 is 0 Å². The van der Waals surface area contributed by atoms with Crippen LogP contribution in [0.25, 0.3) is 32.7 Å². The zero-order valence-corrected chi connectivity index (χ0v) is 64.7. The lowest BCUT2D eigenvalue weighted by Crippen LogP contribution is -2.51. The summed E-state index contributed by atoms with van der Waals surface area (Å²) in [6, 6.07) is 44.4. The molecule has 0 amide bonds. The maximum absolute atomic E-state index is 13.5. The largest absolute Gasteiger partial charge is 0.494 e. The van der Waals surface area contributed by atoms with Crippen molar-refractivity contribution in [2.45, 2.75) is 197 Å². The Balaban J connectivity index is 0.000000198. The molecule has 0 radical (unpaired) electrons. The number of carbonyl (C=O) groups is 3. The molecule has 0 aromatic heterocycles. The molecule has 0 saturated heterocycles. The van der Waals surface area contributed by atoms with Crippen molar-refractivity contribution in [2.24, 2.45) is 46.3 Å². The van der Waals surface area contributed by atoms with Gasteiger partial charge in [0.1, 0.15) is 34.9 Å². The molecular formula is C84H112O11Si3. The second-order valence-electron chi connectivity index (χ2n) is 30.8. The number of fused-ring (bicyclic) bond motifs is 7. The minimum atomic E-state index is -1.36. The van der Waals surface area contributed by atoms with Crippen LogP contribution in [0.5, 0.6) is 28.7 Å². The van der Waals surface area contributed by atoms with Crippen molar-refractivity contribution in [1.82, 2.24) is 0 Å². The van der Waals surface area contributed by atoms with E-state index in [4.69, 9.17) is 36.7 Å². The topological polar surface area (TPSA) is 125 Å². The first-order valence-electron chi connectivity index (χ1n) is 36.7. The van der Waals surface area contributed by atoms with E-state index in [2.05, 4.69) is 93.4 Å². The van der Waals surface area contributed by atoms with Crippen molar-refractivity contribution in [3.8, 4) is 39.9 Å². The molecule has 0 heterocycles. The summed E-state index contributed by atoms with van der Waals surface area (Å²) in [5, 5.41) is 3.59. The van der Waals surface area contributed by atoms with E-state index in [1.165, 1.54) is 51.4 Å². The molecular weight excluding hydrogens is 1270 g/mol. The Hall–Kier alpha value is -6.82. The van der Waals surface area contributed by atoms with Crippen molar-refractivity contribution >= 4 is 65.4 Å². The van der Waals surface area contributed by atoms with E-state index in [-0.39, 0.29) is 17.5 Å². The average molecular weight is 1380 g/mol. The Kier molecular flexibility index (Phi) is 26.2. The van der Waals surface area contributed by atoms with Crippen molar-refractivity contribution in [3.63, 3.8) is 0 Å². The van der Waals surface area contributed by atoms with Crippen LogP contribution in [-0.4, -0.2) is 69.8 Å². The summed E-state index contributed by atoms with van der Waals surface area (Å²) in [6.45, 7) is 36.0. The van der Waals surface area contributed by atoms with Gasteiger partial charge in [-0.25, -0.2) is 14.4 Å². The van der Waals surface area contributed by atoms with Crippen LogP contribution in [0.2, 0.25) is 45.8 Å². The monoisotopic (exact) mass is 1380 g/mol. The Bertz CT molecular complexity index is 3630. The van der Waals surface area contributed by atoms with Gasteiger partial charge in [0, 0.05) is 17.5 Å². The molecule has 14 heteroatoms. The Morgan fingerprint density at radius 1 is 0.531 bits per heavy atom. The predicted molar refractivity (Wildman–Crippen MR) is 408 cm³/mol. The number of hydrogen-bond donors (Lipinski definition) is 0. The third kappa shape index (κ3) is 19.4. The standard InChI is InChI=1S/C40H34O6.C37H56O3.C7H22O2Si3/c1-3-25-43-31-19-13-29(14-20-31)39(41)45-35-23-17-27-9-5-7-11-33(27)37(35)38-34-12-8-6-10-28(34)18-24-36(38)46-40(42)30-15-21-32(22-16-30)44-26-4-2;1-7-23-39-29-14-11-27(12-15-29)35(38)40-30-19-21-36(5)28(24-30)13-16-31-33-18-17-32(26(4)10-8-9-25(2)3)37(33,6)22-20-34(31)36;1-10(8-11(2,3)4)9-12(5,6)7/h5-24H,3-4,25-26H2,1-2H3;11-15,25-26,30-34H,7-10,16-24H2,1-6H3;10H,1-7H3. The summed E-state index contributed by atoms with van der Waals surface area (Å²) in [5.74, 6) is 6.79. The van der Waals surface area contributed by atoms with E-state index in [1.807, 2.05) is 98.8 Å².